The largest absolute Gasteiger partial charge is 0.320 e. The molecule has 2 heteroatoms. The fraction of sp³-hybridized carbons (Fsp3) is 0.263. The zero-order valence-corrected chi connectivity index (χ0v) is 12.8. The maximum atomic E-state index is 6.60. The van der Waals surface area contributed by atoms with E-state index in [1.54, 1.807) is 4.88 Å². The lowest BCUT2D eigenvalue weighted by Crippen LogP contribution is -2.10. The molecule has 2 aromatic carbocycles. The van der Waals surface area contributed by atoms with Crippen molar-refractivity contribution in [3.05, 3.63) is 69.4 Å². The summed E-state index contributed by atoms with van der Waals surface area (Å²) in [5.74, 6) is 0. The SMILES string of the molecule is NC(c1cc2c(s1)CCCC2)c1cccc2ccccc12. The van der Waals surface area contributed by atoms with E-state index in [1.165, 1.54) is 52.5 Å². The van der Waals surface area contributed by atoms with E-state index < -0.39 is 0 Å². The zero-order valence-electron chi connectivity index (χ0n) is 12.0. The second kappa shape index (κ2) is 5.28. The van der Waals surface area contributed by atoms with Crippen molar-refractivity contribution >= 4 is 22.1 Å². The smallest absolute Gasteiger partial charge is 0.0652 e. The number of hydrogen-bond donors (Lipinski definition) is 1. The molecule has 3 aromatic rings. The standard InChI is InChI=1S/C19H19NS/c20-19(18-12-14-7-2-4-11-17(14)21-18)16-10-5-8-13-6-1-3-9-15(13)16/h1,3,5-6,8-10,12,19H,2,4,7,11,20H2. The van der Waals surface area contributed by atoms with Gasteiger partial charge >= 0.3 is 0 Å². The Morgan fingerprint density at radius 3 is 2.67 bits per heavy atom. The Morgan fingerprint density at radius 2 is 1.76 bits per heavy atom. The highest BCUT2D eigenvalue weighted by Gasteiger charge is 2.19. The Kier molecular flexibility index (Phi) is 3.28. The fourth-order valence-corrected chi connectivity index (χ4v) is 4.62. The lowest BCUT2D eigenvalue weighted by atomic mass is 9.96. The number of thiophene rings is 1. The van der Waals surface area contributed by atoms with Crippen molar-refractivity contribution in [3.63, 3.8) is 0 Å². The van der Waals surface area contributed by atoms with Gasteiger partial charge in [-0.3, -0.25) is 0 Å². The molecule has 2 N–H and O–H groups in total. The monoisotopic (exact) mass is 293 g/mol. The molecule has 0 fully saturated rings. The van der Waals surface area contributed by atoms with Gasteiger partial charge in [0.2, 0.25) is 0 Å². The van der Waals surface area contributed by atoms with Gasteiger partial charge in [0, 0.05) is 9.75 Å². The minimum Gasteiger partial charge on any atom is -0.320 e. The summed E-state index contributed by atoms with van der Waals surface area (Å²) in [6.07, 6.45) is 5.12. The average molecular weight is 293 g/mol. The highest BCUT2D eigenvalue weighted by molar-refractivity contribution is 7.12. The average Bonchev–Trinajstić information content (AvgIpc) is 2.97. The van der Waals surface area contributed by atoms with Gasteiger partial charge in [0.25, 0.3) is 0 Å². The van der Waals surface area contributed by atoms with Crippen molar-refractivity contribution in [1.29, 1.82) is 0 Å². The molecule has 1 unspecified atom stereocenters. The first-order valence-electron chi connectivity index (χ1n) is 7.67. The van der Waals surface area contributed by atoms with Crippen molar-refractivity contribution in [2.24, 2.45) is 5.73 Å². The second-order valence-corrected chi connectivity index (χ2v) is 7.02. The summed E-state index contributed by atoms with van der Waals surface area (Å²) >= 11 is 1.92. The highest BCUT2D eigenvalue weighted by atomic mass is 32.1. The molecule has 1 aromatic heterocycles. The molecule has 1 aliphatic rings. The van der Waals surface area contributed by atoms with Crippen molar-refractivity contribution in [3.8, 4) is 0 Å². The third kappa shape index (κ3) is 2.29. The molecule has 0 radical (unpaired) electrons. The Morgan fingerprint density at radius 1 is 0.952 bits per heavy atom. The van der Waals surface area contributed by atoms with E-state index in [4.69, 9.17) is 5.73 Å². The number of benzene rings is 2. The van der Waals surface area contributed by atoms with Crippen LogP contribution in [0.4, 0.5) is 0 Å². The van der Waals surface area contributed by atoms with Crippen LogP contribution in [0.25, 0.3) is 10.8 Å². The first kappa shape index (κ1) is 13.1. The van der Waals surface area contributed by atoms with Gasteiger partial charge in [0.1, 0.15) is 0 Å². The number of aryl methyl sites for hydroxylation is 2. The Labute approximate surface area is 129 Å². The van der Waals surface area contributed by atoms with Crippen LogP contribution in [0.3, 0.4) is 0 Å². The van der Waals surface area contributed by atoms with Crippen LogP contribution in [-0.2, 0) is 12.8 Å². The minimum atomic E-state index is -0.00769. The van der Waals surface area contributed by atoms with E-state index in [2.05, 4.69) is 48.5 Å². The van der Waals surface area contributed by atoms with Gasteiger partial charge in [-0.15, -0.1) is 11.3 Å². The quantitative estimate of drug-likeness (QED) is 0.719. The minimum absolute atomic E-state index is 0.00769. The van der Waals surface area contributed by atoms with Gasteiger partial charge in [0.15, 0.2) is 0 Å². The molecular weight excluding hydrogens is 274 g/mol. The predicted octanol–water partition coefficient (Wildman–Crippen LogP) is 4.83. The lowest BCUT2D eigenvalue weighted by Gasteiger charge is -2.13. The molecule has 0 amide bonds. The van der Waals surface area contributed by atoms with Gasteiger partial charge in [0.05, 0.1) is 6.04 Å². The summed E-state index contributed by atoms with van der Waals surface area (Å²) in [6.45, 7) is 0. The van der Waals surface area contributed by atoms with Crippen LogP contribution in [0.2, 0.25) is 0 Å². The Hall–Kier alpha value is -1.64. The van der Waals surface area contributed by atoms with Crippen LogP contribution < -0.4 is 5.73 Å². The van der Waals surface area contributed by atoms with Gasteiger partial charge < -0.3 is 5.73 Å². The fourth-order valence-electron chi connectivity index (χ4n) is 3.34. The third-order valence-electron chi connectivity index (χ3n) is 4.48. The van der Waals surface area contributed by atoms with Crippen molar-refractivity contribution in [1.82, 2.24) is 0 Å². The summed E-state index contributed by atoms with van der Waals surface area (Å²) in [4.78, 5) is 2.88. The van der Waals surface area contributed by atoms with Gasteiger partial charge in [-0.05, 0) is 53.6 Å². The van der Waals surface area contributed by atoms with Crippen LogP contribution >= 0.6 is 11.3 Å². The van der Waals surface area contributed by atoms with E-state index in [1.807, 2.05) is 11.3 Å². The van der Waals surface area contributed by atoms with E-state index >= 15 is 0 Å². The molecule has 1 heterocycles. The van der Waals surface area contributed by atoms with Crippen LogP contribution in [-0.4, -0.2) is 0 Å². The summed E-state index contributed by atoms with van der Waals surface area (Å²) < 4.78 is 0. The first-order chi connectivity index (χ1) is 10.3. The summed E-state index contributed by atoms with van der Waals surface area (Å²) in [5, 5.41) is 2.55. The van der Waals surface area contributed by atoms with Crippen molar-refractivity contribution in [2.45, 2.75) is 31.7 Å². The Bertz CT molecular complexity index is 758. The van der Waals surface area contributed by atoms with Crippen LogP contribution in [0, 0.1) is 0 Å². The van der Waals surface area contributed by atoms with E-state index in [9.17, 15) is 0 Å². The van der Waals surface area contributed by atoms with Gasteiger partial charge in [-0.2, -0.15) is 0 Å². The predicted molar refractivity (Wildman–Crippen MR) is 90.9 cm³/mol. The maximum absolute atomic E-state index is 6.60. The van der Waals surface area contributed by atoms with Crippen molar-refractivity contribution < 1.29 is 0 Å². The molecule has 106 valence electrons. The second-order valence-electron chi connectivity index (χ2n) is 5.85. The van der Waals surface area contributed by atoms with Gasteiger partial charge in [-0.1, -0.05) is 42.5 Å². The maximum Gasteiger partial charge on any atom is 0.0652 e. The Balaban J connectivity index is 1.79. The summed E-state index contributed by atoms with van der Waals surface area (Å²) in [7, 11) is 0. The van der Waals surface area contributed by atoms with Crippen LogP contribution in [0.15, 0.2) is 48.5 Å². The molecular formula is C19H19NS. The van der Waals surface area contributed by atoms with Gasteiger partial charge in [-0.25, -0.2) is 0 Å². The van der Waals surface area contributed by atoms with Crippen LogP contribution in [0.1, 0.15) is 39.8 Å². The van der Waals surface area contributed by atoms with E-state index in [0.717, 1.165) is 0 Å². The zero-order chi connectivity index (χ0) is 14.2. The molecule has 1 nitrogen and oxygen atoms in total. The lowest BCUT2D eigenvalue weighted by molar-refractivity contribution is 0.696. The number of rotatable bonds is 2. The summed E-state index contributed by atoms with van der Waals surface area (Å²) in [6, 6.07) is 17.3. The van der Waals surface area contributed by atoms with E-state index in [-0.39, 0.29) is 6.04 Å². The molecule has 0 aliphatic heterocycles. The number of fused-ring (bicyclic) bond motifs is 2. The number of hydrogen-bond acceptors (Lipinski definition) is 2. The molecule has 0 saturated carbocycles. The summed E-state index contributed by atoms with van der Waals surface area (Å²) in [5.41, 5.74) is 9.39. The highest BCUT2D eigenvalue weighted by Crippen LogP contribution is 2.36. The first-order valence-corrected chi connectivity index (χ1v) is 8.49. The van der Waals surface area contributed by atoms with Crippen molar-refractivity contribution in [2.75, 3.05) is 0 Å². The molecule has 1 aliphatic carbocycles. The molecule has 21 heavy (non-hydrogen) atoms. The molecule has 1 atom stereocenters. The topological polar surface area (TPSA) is 26.0 Å². The molecule has 0 spiro atoms. The molecule has 0 bridgehead atoms. The van der Waals surface area contributed by atoms with Crippen LogP contribution in [0.5, 0.6) is 0 Å². The third-order valence-corrected chi connectivity index (χ3v) is 5.80. The number of nitrogens with two attached hydrogens (primary N) is 1. The molecule has 0 saturated heterocycles. The molecule has 4 rings (SSSR count). The normalized spacial score (nSPS) is 15.9. The van der Waals surface area contributed by atoms with E-state index in [0.29, 0.717) is 0 Å².